The Morgan fingerprint density at radius 2 is 2.06 bits per heavy atom. The van der Waals surface area contributed by atoms with Gasteiger partial charge >= 0.3 is 6.09 Å². The number of sulfonamides is 1. The highest BCUT2D eigenvalue weighted by Crippen LogP contribution is 2.22. The summed E-state index contributed by atoms with van der Waals surface area (Å²) < 4.78 is 38.4. The number of hydrogen-bond acceptors (Lipinski definition) is 6. The number of carboxylic acid groups (broad SMARTS) is 1. The minimum Gasteiger partial charge on any atom is -0.497 e. The lowest BCUT2D eigenvalue weighted by Gasteiger charge is -2.32. The first-order chi connectivity index (χ1) is 14.9. The Hall–Kier alpha value is -2.69. The minimum absolute atomic E-state index is 0.0380. The number of rotatable bonds is 9. The lowest BCUT2D eigenvalue weighted by Crippen LogP contribution is -2.44. The van der Waals surface area contributed by atoms with Crippen molar-refractivity contribution in [3.05, 3.63) is 59.9 Å². The van der Waals surface area contributed by atoms with Gasteiger partial charge in [0, 0.05) is 25.5 Å². The van der Waals surface area contributed by atoms with E-state index in [1.807, 2.05) is 24.3 Å². The molecule has 1 aliphatic rings. The van der Waals surface area contributed by atoms with Crippen molar-refractivity contribution in [3.63, 3.8) is 0 Å². The molecule has 9 nitrogen and oxygen atoms in total. The molecule has 2 aromatic rings. The van der Waals surface area contributed by atoms with Crippen molar-refractivity contribution in [1.29, 1.82) is 0 Å². The molecule has 3 rings (SSSR count). The van der Waals surface area contributed by atoms with Crippen LogP contribution in [0, 0.1) is 0 Å². The average molecular weight is 450 g/mol. The van der Waals surface area contributed by atoms with Crippen LogP contribution in [-0.4, -0.2) is 61.0 Å². The molecule has 168 valence electrons. The molecule has 0 saturated carbocycles. The molecule has 2 heterocycles. The number of hydrogen-bond donors (Lipinski definition) is 2. The van der Waals surface area contributed by atoms with Gasteiger partial charge in [-0.25, -0.2) is 17.5 Å². The summed E-state index contributed by atoms with van der Waals surface area (Å²) in [7, 11) is -2.06. The summed E-state index contributed by atoms with van der Waals surface area (Å²) in [5.41, 5.74) is 1.50. The molecule has 1 aromatic carbocycles. The molecule has 1 aromatic heterocycles. The summed E-state index contributed by atoms with van der Waals surface area (Å²) in [6, 6.07) is 10.0. The molecule has 1 aliphatic heterocycles. The molecule has 10 heteroatoms. The molecular formula is C21H27N3O6S. The zero-order chi connectivity index (χ0) is 22.3. The van der Waals surface area contributed by atoms with Crippen LogP contribution >= 0.6 is 0 Å². The van der Waals surface area contributed by atoms with Crippen LogP contribution in [0.25, 0.3) is 0 Å². The number of methoxy groups -OCH3 is 1. The topological polar surface area (TPSA) is 118 Å². The number of aromatic nitrogens is 1. The van der Waals surface area contributed by atoms with Gasteiger partial charge in [0.1, 0.15) is 5.75 Å². The molecule has 0 bridgehead atoms. The van der Waals surface area contributed by atoms with Crippen molar-refractivity contribution in [2.75, 3.05) is 26.0 Å². The van der Waals surface area contributed by atoms with Gasteiger partial charge in [-0.15, -0.1) is 0 Å². The maximum atomic E-state index is 12.9. The van der Waals surface area contributed by atoms with E-state index in [9.17, 15) is 13.2 Å². The van der Waals surface area contributed by atoms with E-state index < -0.39 is 22.2 Å². The van der Waals surface area contributed by atoms with Crippen molar-refractivity contribution in [3.8, 4) is 5.75 Å². The number of pyridine rings is 1. The van der Waals surface area contributed by atoms with E-state index >= 15 is 0 Å². The summed E-state index contributed by atoms with van der Waals surface area (Å²) in [5, 5.41) is 11.4. The fourth-order valence-electron chi connectivity index (χ4n) is 3.52. The van der Waals surface area contributed by atoms with Crippen molar-refractivity contribution in [2.45, 2.75) is 31.6 Å². The van der Waals surface area contributed by atoms with Crippen molar-refractivity contribution >= 4 is 16.1 Å². The van der Waals surface area contributed by atoms with Gasteiger partial charge in [-0.3, -0.25) is 4.98 Å². The SMILES string of the molecule is COc1cccc(COC2CCN(S(=O)(=O)CC(NC(=O)O)c3cccnc3)CC2)c1. The number of carbonyl (C=O) groups is 1. The van der Waals surface area contributed by atoms with Gasteiger partial charge < -0.3 is 19.9 Å². The van der Waals surface area contributed by atoms with E-state index in [1.165, 1.54) is 10.5 Å². The molecule has 0 radical (unpaired) electrons. The van der Waals surface area contributed by atoms with Crippen molar-refractivity contribution in [1.82, 2.24) is 14.6 Å². The monoisotopic (exact) mass is 449 g/mol. The quantitative estimate of drug-likeness (QED) is 0.603. The Morgan fingerprint density at radius 3 is 2.71 bits per heavy atom. The summed E-state index contributed by atoms with van der Waals surface area (Å²) >= 11 is 0. The third kappa shape index (κ3) is 6.65. The molecule has 0 spiro atoms. The first-order valence-electron chi connectivity index (χ1n) is 9.99. The van der Waals surface area contributed by atoms with Gasteiger partial charge in [-0.1, -0.05) is 18.2 Å². The van der Waals surface area contributed by atoms with Crippen LogP contribution in [0.3, 0.4) is 0 Å². The van der Waals surface area contributed by atoms with Crippen LogP contribution in [0.2, 0.25) is 0 Å². The smallest absolute Gasteiger partial charge is 0.405 e. The summed E-state index contributed by atoms with van der Waals surface area (Å²) in [5.74, 6) is 0.403. The minimum atomic E-state index is -3.67. The third-order valence-corrected chi connectivity index (χ3v) is 7.08. The van der Waals surface area contributed by atoms with Crippen LogP contribution in [-0.2, 0) is 21.4 Å². The van der Waals surface area contributed by atoms with Crippen molar-refractivity contribution < 1.29 is 27.8 Å². The van der Waals surface area contributed by atoms with Crippen LogP contribution in [0.15, 0.2) is 48.8 Å². The van der Waals surface area contributed by atoms with Gasteiger partial charge in [-0.05, 0) is 42.2 Å². The lowest BCUT2D eigenvalue weighted by molar-refractivity contribution is 0.0101. The highest BCUT2D eigenvalue weighted by Gasteiger charge is 2.31. The van der Waals surface area contributed by atoms with Gasteiger partial charge in [0.25, 0.3) is 0 Å². The third-order valence-electron chi connectivity index (χ3n) is 5.18. The first kappa shape index (κ1) is 23.0. The van der Waals surface area contributed by atoms with Crippen LogP contribution in [0.1, 0.15) is 30.0 Å². The van der Waals surface area contributed by atoms with Gasteiger partial charge in [0.05, 0.1) is 31.6 Å². The van der Waals surface area contributed by atoms with E-state index in [4.69, 9.17) is 14.6 Å². The Kier molecular flexibility index (Phi) is 7.83. The summed E-state index contributed by atoms with van der Waals surface area (Å²) in [4.78, 5) is 15.1. The van der Waals surface area contributed by atoms with Gasteiger partial charge in [-0.2, -0.15) is 0 Å². The second kappa shape index (κ2) is 10.6. The normalized spacial score (nSPS) is 16.5. The number of amides is 1. The fraction of sp³-hybridized carbons (Fsp3) is 0.429. The Morgan fingerprint density at radius 1 is 1.29 bits per heavy atom. The number of piperidine rings is 1. The van der Waals surface area contributed by atoms with Crippen LogP contribution in [0.4, 0.5) is 4.79 Å². The highest BCUT2D eigenvalue weighted by molar-refractivity contribution is 7.89. The summed E-state index contributed by atoms with van der Waals surface area (Å²) in [6.07, 6.45) is 2.85. The largest absolute Gasteiger partial charge is 0.497 e. The number of benzene rings is 1. The predicted molar refractivity (Wildman–Crippen MR) is 114 cm³/mol. The second-order valence-corrected chi connectivity index (χ2v) is 9.34. The van der Waals surface area contributed by atoms with E-state index in [2.05, 4.69) is 10.3 Å². The van der Waals surface area contributed by atoms with E-state index in [0.29, 0.717) is 38.1 Å². The van der Waals surface area contributed by atoms with E-state index in [1.54, 1.807) is 25.4 Å². The fourth-order valence-corrected chi connectivity index (χ4v) is 5.20. The molecular weight excluding hydrogens is 422 g/mol. The number of nitrogens with zero attached hydrogens (tertiary/aromatic N) is 2. The first-order valence-corrected chi connectivity index (χ1v) is 11.6. The van der Waals surface area contributed by atoms with E-state index in [-0.39, 0.29) is 11.9 Å². The molecule has 1 atom stereocenters. The lowest BCUT2D eigenvalue weighted by atomic mass is 10.1. The van der Waals surface area contributed by atoms with Gasteiger partial charge in [0.2, 0.25) is 10.0 Å². The molecule has 31 heavy (non-hydrogen) atoms. The van der Waals surface area contributed by atoms with Crippen LogP contribution < -0.4 is 10.1 Å². The molecule has 1 amide bonds. The maximum Gasteiger partial charge on any atom is 0.405 e. The predicted octanol–water partition coefficient (Wildman–Crippen LogP) is 2.41. The number of ether oxygens (including phenoxy) is 2. The number of nitrogens with one attached hydrogen (secondary N) is 1. The highest BCUT2D eigenvalue weighted by atomic mass is 32.2. The zero-order valence-electron chi connectivity index (χ0n) is 17.3. The molecule has 2 N–H and O–H groups in total. The molecule has 1 saturated heterocycles. The Labute approximate surface area is 182 Å². The zero-order valence-corrected chi connectivity index (χ0v) is 18.1. The average Bonchev–Trinajstić information content (AvgIpc) is 2.78. The Bertz CT molecular complexity index is 962. The Balaban J connectivity index is 1.55. The second-order valence-electron chi connectivity index (χ2n) is 7.33. The maximum absolute atomic E-state index is 12.9. The molecule has 0 aliphatic carbocycles. The molecule has 1 fully saturated rings. The standard InChI is InChI=1S/C21H27N3O6S/c1-29-19-6-2-4-16(12-19)14-30-18-7-10-24(11-8-18)31(27,28)15-20(23-21(25)26)17-5-3-9-22-13-17/h2-6,9,12-13,18,20,23H,7-8,10-11,14-15H2,1H3,(H,25,26). The van der Waals surface area contributed by atoms with E-state index in [0.717, 1.165) is 11.3 Å². The van der Waals surface area contributed by atoms with Gasteiger partial charge in [0.15, 0.2) is 0 Å². The van der Waals surface area contributed by atoms with Crippen molar-refractivity contribution in [2.24, 2.45) is 0 Å². The molecule has 1 unspecified atom stereocenters. The van der Waals surface area contributed by atoms with Crippen LogP contribution in [0.5, 0.6) is 5.75 Å². The summed E-state index contributed by atoms with van der Waals surface area (Å²) in [6.45, 7) is 1.09.